The molecular weight excluding hydrogens is 418 g/mol. The molecule has 3 aromatic carbocycles. The van der Waals surface area contributed by atoms with Gasteiger partial charge < -0.3 is 10.2 Å². The number of carbonyl (C=O) groups is 2. The van der Waals surface area contributed by atoms with Gasteiger partial charge in [0, 0.05) is 18.7 Å². The Balaban J connectivity index is 1.42. The molecule has 1 aliphatic rings. The molecule has 1 unspecified atom stereocenters. The average molecular weight is 440 g/mol. The van der Waals surface area contributed by atoms with Gasteiger partial charge in [0.1, 0.15) is 5.01 Å². The monoisotopic (exact) mass is 439 g/mol. The van der Waals surface area contributed by atoms with Gasteiger partial charge in [0.25, 0.3) is 0 Å². The minimum absolute atomic E-state index is 0.0940. The highest BCUT2D eigenvalue weighted by molar-refractivity contribution is 7.21. The van der Waals surface area contributed by atoms with E-state index in [-0.39, 0.29) is 24.3 Å². The molecule has 0 spiro atoms. The highest BCUT2D eigenvalue weighted by atomic mass is 32.1. The Bertz CT molecular complexity index is 1320. The summed E-state index contributed by atoms with van der Waals surface area (Å²) in [5.41, 5.74) is 4.54. The van der Waals surface area contributed by atoms with Gasteiger partial charge in [-0.1, -0.05) is 48.5 Å². The van der Waals surface area contributed by atoms with Gasteiger partial charge >= 0.3 is 0 Å². The molecule has 0 bridgehead atoms. The SMILES string of the molecule is CC(=O)N1C=Cc2ccccc2C1CC(=O)Nc1ccccc1-c1nc2ccccc2s1. The zero-order valence-electron chi connectivity index (χ0n) is 17.5. The number of thiazole rings is 1. The highest BCUT2D eigenvalue weighted by Gasteiger charge is 2.28. The van der Waals surface area contributed by atoms with Crippen LogP contribution in [-0.2, 0) is 9.59 Å². The topological polar surface area (TPSA) is 62.3 Å². The summed E-state index contributed by atoms with van der Waals surface area (Å²) >= 11 is 1.60. The van der Waals surface area contributed by atoms with E-state index in [0.717, 1.165) is 31.9 Å². The first-order valence-electron chi connectivity index (χ1n) is 10.4. The Hall–Kier alpha value is -3.77. The van der Waals surface area contributed by atoms with Gasteiger partial charge in [-0.2, -0.15) is 0 Å². The van der Waals surface area contributed by atoms with Gasteiger partial charge in [0.2, 0.25) is 11.8 Å². The maximum Gasteiger partial charge on any atom is 0.226 e. The van der Waals surface area contributed by atoms with Crippen LogP contribution >= 0.6 is 11.3 Å². The largest absolute Gasteiger partial charge is 0.325 e. The third-order valence-corrected chi connectivity index (χ3v) is 6.64. The molecular formula is C26H21N3O2S. The van der Waals surface area contributed by atoms with Crippen molar-refractivity contribution in [2.75, 3.05) is 5.32 Å². The number of para-hydroxylation sites is 2. The van der Waals surface area contributed by atoms with E-state index in [1.807, 2.05) is 78.9 Å². The fourth-order valence-electron chi connectivity index (χ4n) is 4.06. The Morgan fingerprint density at radius 2 is 1.75 bits per heavy atom. The lowest BCUT2D eigenvalue weighted by Crippen LogP contribution is -2.33. The van der Waals surface area contributed by atoms with Gasteiger partial charge in [-0.05, 0) is 41.5 Å². The number of carbonyl (C=O) groups excluding carboxylic acids is 2. The third-order valence-electron chi connectivity index (χ3n) is 5.57. The van der Waals surface area contributed by atoms with Crippen LogP contribution in [0.1, 0.15) is 30.5 Å². The molecule has 1 N–H and O–H groups in total. The Morgan fingerprint density at radius 3 is 2.59 bits per heavy atom. The maximum atomic E-state index is 13.1. The molecule has 6 heteroatoms. The number of hydrogen-bond donors (Lipinski definition) is 1. The highest BCUT2D eigenvalue weighted by Crippen LogP contribution is 2.36. The first-order chi connectivity index (χ1) is 15.6. The maximum absolute atomic E-state index is 13.1. The van der Waals surface area contributed by atoms with Crippen molar-refractivity contribution in [1.29, 1.82) is 0 Å². The van der Waals surface area contributed by atoms with Gasteiger partial charge in [-0.25, -0.2) is 4.98 Å². The molecule has 0 fully saturated rings. The average Bonchev–Trinajstić information content (AvgIpc) is 3.23. The Labute approximate surface area is 190 Å². The van der Waals surface area contributed by atoms with E-state index in [0.29, 0.717) is 5.69 Å². The van der Waals surface area contributed by atoms with E-state index in [9.17, 15) is 9.59 Å². The van der Waals surface area contributed by atoms with Crippen LogP contribution in [0.2, 0.25) is 0 Å². The van der Waals surface area contributed by atoms with Crippen molar-refractivity contribution in [3.8, 4) is 10.6 Å². The second-order valence-electron chi connectivity index (χ2n) is 7.67. The first kappa shape index (κ1) is 20.2. The van der Waals surface area contributed by atoms with E-state index in [1.165, 1.54) is 6.92 Å². The number of amides is 2. The lowest BCUT2D eigenvalue weighted by Gasteiger charge is -2.32. The molecule has 0 aliphatic carbocycles. The number of hydrogen-bond acceptors (Lipinski definition) is 4. The number of rotatable bonds is 4. The molecule has 5 rings (SSSR count). The van der Waals surface area contributed by atoms with Crippen LogP contribution in [0.3, 0.4) is 0 Å². The molecule has 2 heterocycles. The van der Waals surface area contributed by atoms with Crippen molar-refractivity contribution < 1.29 is 9.59 Å². The number of fused-ring (bicyclic) bond motifs is 2. The second kappa shape index (κ2) is 8.40. The fourth-order valence-corrected chi connectivity index (χ4v) is 5.06. The fraction of sp³-hybridized carbons (Fsp3) is 0.115. The molecule has 2 amide bonds. The molecule has 1 atom stereocenters. The summed E-state index contributed by atoms with van der Waals surface area (Å²) < 4.78 is 1.10. The number of benzene rings is 3. The smallest absolute Gasteiger partial charge is 0.226 e. The van der Waals surface area contributed by atoms with Crippen LogP contribution in [0, 0.1) is 0 Å². The van der Waals surface area contributed by atoms with Crippen LogP contribution < -0.4 is 5.32 Å². The van der Waals surface area contributed by atoms with Crippen molar-refractivity contribution in [2.24, 2.45) is 0 Å². The lowest BCUT2D eigenvalue weighted by molar-refractivity contribution is -0.129. The number of nitrogens with one attached hydrogen (secondary N) is 1. The minimum Gasteiger partial charge on any atom is -0.325 e. The molecule has 158 valence electrons. The molecule has 0 saturated heterocycles. The van der Waals surface area contributed by atoms with Gasteiger partial charge in [-0.15, -0.1) is 11.3 Å². The molecule has 32 heavy (non-hydrogen) atoms. The van der Waals surface area contributed by atoms with Crippen molar-refractivity contribution >= 4 is 45.1 Å². The normalized spacial score (nSPS) is 14.9. The Morgan fingerprint density at radius 1 is 1.00 bits per heavy atom. The van der Waals surface area contributed by atoms with Crippen LogP contribution in [-0.4, -0.2) is 21.7 Å². The van der Waals surface area contributed by atoms with Crippen molar-refractivity contribution in [3.05, 3.63) is 90.1 Å². The summed E-state index contributed by atoms with van der Waals surface area (Å²) in [6.45, 7) is 1.52. The van der Waals surface area contributed by atoms with Crippen molar-refractivity contribution in [3.63, 3.8) is 0 Å². The van der Waals surface area contributed by atoms with Crippen LogP contribution in [0.5, 0.6) is 0 Å². The lowest BCUT2D eigenvalue weighted by atomic mass is 9.93. The Kier molecular flexibility index (Phi) is 5.29. The predicted octanol–water partition coefficient (Wildman–Crippen LogP) is 5.87. The third kappa shape index (κ3) is 3.81. The van der Waals surface area contributed by atoms with Crippen LogP contribution in [0.25, 0.3) is 26.9 Å². The summed E-state index contributed by atoms with van der Waals surface area (Å²) in [5, 5.41) is 3.92. The molecule has 0 radical (unpaired) electrons. The van der Waals surface area contributed by atoms with Gasteiger partial charge in [0.05, 0.1) is 28.4 Å². The molecule has 5 nitrogen and oxygen atoms in total. The molecule has 1 aliphatic heterocycles. The summed E-state index contributed by atoms with van der Waals surface area (Å²) in [6, 6.07) is 23.2. The van der Waals surface area contributed by atoms with E-state index in [1.54, 1.807) is 22.4 Å². The standard InChI is InChI=1S/C26H21N3O2S/c1-17(30)29-15-14-18-8-2-3-9-19(18)23(29)16-25(31)27-21-11-5-4-10-20(21)26-28-22-12-6-7-13-24(22)32-26/h2-15,23H,16H2,1H3,(H,27,31). The summed E-state index contributed by atoms with van der Waals surface area (Å²) in [5.74, 6) is -0.247. The van der Waals surface area contributed by atoms with Gasteiger partial charge in [0.15, 0.2) is 0 Å². The van der Waals surface area contributed by atoms with Crippen LogP contribution in [0.4, 0.5) is 5.69 Å². The first-order valence-corrected chi connectivity index (χ1v) is 11.2. The predicted molar refractivity (Wildman–Crippen MR) is 129 cm³/mol. The van der Waals surface area contributed by atoms with E-state index >= 15 is 0 Å². The zero-order chi connectivity index (χ0) is 22.1. The zero-order valence-corrected chi connectivity index (χ0v) is 18.3. The summed E-state index contributed by atoms with van der Waals surface area (Å²) in [6.07, 6.45) is 3.83. The van der Waals surface area contributed by atoms with Crippen LogP contribution in [0.15, 0.2) is 79.0 Å². The number of aromatic nitrogens is 1. The molecule has 1 aromatic heterocycles. The van der Waals surface area contributed by atoms with E-state index in [4.69, 9.17) is 4.98 Å². The number of anilines is 1. The molecule has 0 saturated carbocycles. The van der Waals surface area contributed by atoms with Gasteiger partial charge in [-0.3, -0.25) is 9.59 Å². The van der Waals surface area contributed by atoms with E-state index < -0.39 is 0 Å². The van der Waals surface area contributed by atoms with E-state index in [2.05, 4.69) is 5.32 Å². The molecule has 4 aromatic rings. The quantitative estimate of drug-likeness (QED) is 0.433. The minimum atomic E-state index is -0.344. The number of nitrogens with zero attached hydrogens (tertiary/aromatic N) is 2. The summed E-state index contributed by atoms with van der Waals surface area (Å²) in [4.78, 5) is 31.7. The van der Waals surface area contributed by atoms with Crippen molar-refractivity contribution in [1.82, 2.24) is 9.88 Å². The van der Waals surface area contributed by atoms with Crippen molar-refractivity contribution in [2.45, 2.75) is 19.4 Å². The summed E-state index contributed by atoms with van der Waals surface area (Å²) in [7, 11) is 0. The second-order valence-corrected chi connectivity index (χ2v) is 8.70.